The van der Waals surface area contributed by atoms with Crippen molar-refractivity contribution in [3.8, 4) is 0 Å². The van der Waals surface area contributed by atoms with Crippen LogP contribution in [0.5, 0.6) is 0 Å². The Balaban J connectivity index is 1.76. The lowest BCUT2D eigenvalue weighted by Crippen LogP contribution is -2.35. The standard InChI is InChI=1S/C17H21N5O2/c1-12-9-14(4-5-16(23)24)21-17(20-12)13-3-2-8-22(11-13)15-10-18-6-7-19-15/h6-7,9-10,13H,2-5,8,11H2,1H3,(H,23,24)/t13-/m0/s1. The molecule has 0 aromatic carbocycles. The van der Waals surface area contributed by atoms with Gasteiger partial charge < -0.3 is 10.0 Å². The molecule has 2 aromatic heterocycles. The lowest BCUT2D eigenvalue weighted by molar-refractivity contribution is -0.136. The number of hydrogen-bond donors (Lipinski definition) is 1. The fourth-order valence-electron chi connectivity index (χ4n) is 3.05. The second-order valence-corrected chi connectivity index (χ2v) is 6.10. The van der Waals surface area contributed by atoms with Gasteiger partial charge in [-0.05, 0) is 25.8 Å². The topological polar surface area (TPSA) is 92.1 Å². The van der Waals surface area contributed by atoms with Crippen LogP contribution in [0.25, 0.3) is 0 Å². The first-order valence-corrected chi connectivity index (χ1v) is 8.19. The molecule has 7 nitrogen and oxygen atoms in total. The summed E-state index contributed by atoms with van der Waals surface area (Å²) in [6.45, 7) is 3.69. The second-order valence-electron chi connectivity index (χ2n) is 6.10. The van der Waals surface area contributed by atoms with Crippen molar-refractivity contribution in [1.82, 2.24) is 19.9 Å². The number of piperidine rings is 1. The van der Waals surface area contributed by atoms with Crippen LogP contribution in [0.4, 0.5) is 5.82 Å². The van der Waals surface area contributed by atoms with Crippen LogP contribution in [0.1, 0.15) is 42.4 Å². The molecule has 3 heterocycles. The maximum Gasteiger partial charge on any atom is 0.303 e. The molecule has 1 atom stereocenters. The third-order valence-electron chi connectivity index (χ3n) is 4.18. The van der Waals surface area contributed by atoms with E-state index < -0.39 is 5.97 Å². The van der Waals surface area contributed by atoms with E-state index in [1.165, 1.54) is 0 Å². The van der Waals surface area contributed by atoms with E-state index in [4.69, 9.17) is 5.11 Å². The maximum absolute atomic E-state index is 10.8. The fourth-order valence-corrected chi connectivity index (χ4v) is 3.05. The number of aryl methyl sites for hydroxylation is 2. The molecule has 0 amide bonds. The number of hydrogen-bond acceptors (Lipinski definition) is 6. The van der Waals surface area contributed by atoms with E-state index in [0.29, 0.717) is 6.42 Å². The Labute approximate surface area is 140 Å². The average Bonchev–Trinajstić information content (AvgIpc) is 2.60. The number of nitrogens with zero attached hydrogens (tertiary/aromatic N) is 5. The lowest BCUT2D eigenvalue weighted by Gasteiger charge is -2.32. The van der Waals surface area contributed by atoms with Crippen LogP contribution < -0.4 is 4.90 Å². The van der Waals surface area contributed by atoms with Gasteiger partial charge in [-0.1, -0.05) is 0 Å². The van der Waals surface area contributed by atoms with Gasteiger partial charge >= 0.3 is 5.97 Å². The Hall–Kier alpha value is -2.57. The summed E-state index contributed by atoms with van der Waals surface area (Å²) >= 11 is 0. The summed E-state index contributed by atoms with van der Waals surface area (Å²) in [5.41, 5.74) is 1.69. The molecule has 0 spiro atoms. The molecule has 0 bridgehead atoms. The van der Waals surface area contributed by atoms with Crippen molar-refractivity contribution in [3.63, 3.8) is 0 Å². The highest BCUT2D eigenvalue weighted by Crippen LogP contribution is 2.27. The van der Waals surface area contributed by atoms with Gasteiger partial charge in [0.25, 0.3) is 0 Å². The third-order valence-corrected chi connectivity index (χ3v) is 4.18. The van der Waals surface area contributed by atoms with Gasteiger partial charge in [0.05, 0.1) is 12.6 Å². The van der Waals surface area contributed by atoms with Crippen LogP contribution in [0, 0.1) is 6.92 Å². The monoisotopic (exact) mass is 327 g/mol. The fraction of sp³-hybridized carbons (Fsp3) is 0.471. The third kappa shape index (κ3) is 4.04. The zero-order valence-electron chi connectivity index (χ0n) is 13.7. The Kier molecular flexibility index (Phi) is 4.98. The number of rotatable bonds is 5. The van der Waals surface area contributed by atoms with E-state index in [9.17, 15) is 4.79 Å². The molecule has 0 aliphatic carbocycles. The summed E-state index contributed by atoms with van der Waals surface area (Å²) in [6, 6.07) is 1.87. The number of aromatic nitrogens is 4. The molecular formula is C17H21N5O2. The summed E-state index contributed by atoms with van der Waals surface area (Å²) in [5.74, 6) is 1.11. The van der Waals surface area contributed by atoms with Gasteiger partial charge in [-0.3, -0.25) is 9.78 Å². The highest BCUT2D eigenvalue weighted by molar-refractivity contribution is 5.66. The molecular weight excluding hydrogens is 306 g/mol. The summed E-state index contributed by atoms with van der Waals surface area (Å²) in [6.07, 6.45) is 7.74. The molecule has 1 N–H and O–H groups in total. The SMILES string of the molecule is Cc1cc(CCC(=O)O)nc([C@H]2CCCN(c3cnccn3)C2)n1. The average molecular weight is 327 g/mol. The zero-order chi connectivity index (χ0) is 16.9. The normalized spacial score (nSPS) is 17.7. The van der Waals surface area contributed by atoms with Crippen LogP contribution in [-0.4, -0.2) is 44.1 Å². The first-order valence-electron chi connectivity index (χ1n) is 8.19. The number of aliphatic carboxylic acids is 1. The molecule has 24 heavy (non-hydrogen) atoms. The van der Waals surface area contributed by atoms with E-state index in [2.05, 4.69) is 24.8 Å². The highest BCUT2D eigenvalue weighted by atomic mass is 16.4. The van der Waals surface area contributed by atoms with E-state index in [0.717, 1.165) is 49.0 Å². The van der Waals surface area contributed by atoms with Gasteiger partial charge in [0, 0.05) is 49.2 Å². The Bertz CT molecular complexity index is 707. The molecule has 0 unspecified atom stereocenters. The molecule has 1 aliphatic heterocycles. The number of anilines is 1. The summed E-state index contributed by atoms with van der Waals surface area (Å²) < 4.78 is 0. The van der Waals surface area contributed by atoms with Crippen LogP contribution in [0.2, 0.25) is 0 Å². The van der Waals surface area contributed by atoms with Crippen molar-refractivity contribution >= 4 is 11.8 Å². The first-order chi connectivity index (χ1) is 11.6. The summed E-state index contributed by atoms with van der Waals surface area (Å²) in [4.78, 5) is 30.7. The Morgan fingerprint density at radius 1 is 1.38 bits per heavy atom. The lowest BCUT2D eigenvalue weighted by atomic mass is 9.97. The molecule has 1 aliphatic rings. The van der Waals surface area contributed by atoms with Crippen LogP contribution in [0.3, 0.4) is 0 Å². The molecule has 2 aromatic rings. The number of carboxylic acids is 1. The summed E-state index contributed by atoms with van der Waals surface area (Å²) in [5, 5.41) is 8.86. The molecule has 0 saturated carbocycles. The molecule has 7 heteroatoms. The largest absolute Gasteiger partial charge is 0.481 e. The Morgan fingerprint density at radius 3 is 3.00 bits per heavy atom. The van der Waals surface area contributed by atoms with E-state index >= 15 is 0 Å². The van der Waals surface area contributed by atoms with E-state index in [-0.39, 0.29) is 12.3 Å². The zero-order valence-corrected chi connectivity index (χ0v) is 13.7. The molecule has 1 fully saturated rings. The first kappa shape index (κ1) is 16.3. The van der Waals surface area contributed by atoms with E-state index in [1.54, 1.807) is 18.6 Å². The van der Waals surface area contributed by atoms with E-state index in [1.807, 2.05) is 13.0 Å². The van der Waals surface area contributed by atoms with Crippen molar-refractivity contribution in [2.45, 2.75) is 38.5 Å². The van der Waals surface area contributed by atoms with Gasteiger partial charge in [-0.2, -0.15) is 0 Å². The van der Waals surface area contributed by atoms with Crippen LogP contribution in [-0.2, 0) is 11.2 Å². The van der Waals surface area contributed by atoms with Crippen molar-refractivity contribution < 1.29 is 9.90 Å². The smallest absolute Gasteiger partial charge is 0.303 e. The highest BCUT2D eigenvalue weighted by Gasteiger charge is 2.25. The van der Waals surface area contributed by atoms with Crippen molar-refractivity contribution in [3.05, 3.63) is 41.9 Å². The minimum absolute atomic E-state index is 0.0896. The van der Waals surface area contributed by atoms with Gasteiger partial charge in [0.15, 0.2) is 0 Å². The van der Waals surface area contributed by atoms with Crippen molar-refractivity contribution in [2.75, 3.05) is 18.0 Å². The predicted octanol–water partition coefficient (Wildman–Crippen LogP) is 1.98. The summed E-state index contributed by atoms with van der Waals surface area (Å²) in [7, 11) is 0. The molecule has 0 radical (unpaired) electrons. The maximum atomic E-state index is 10.8. The second kappa shape index (κ2) is 7.33. The van der Waals surface area contributed by atoms with Gasteiger partial charge in [-0.15, -0.1) is 0 Å². The minimum Gasteiger partial charge on any atom is -0.481 e. The number of carboxylic acid groups (broad SMARTS) is 1. The van der Waals surface area contributed by atoms with Crippen LogP contribution >= 0.6 is 0 Å². The number of carbonyl (C=O) groups is 1. The van der Waals surface area contributed by atoms with Gasteiger partial charge in [0.1, 0.15) is 11.6 Å². The van der Waals surface area contributed by atoms with Crippen molar-refractivity contribution in [2.24, 2.45) is 0 Å². The molecule has 3 rings (SSSR count). The molecule has 1 saturated heterocycles. The van der Waals surface area contributed by atoms with Crippen molar-refractivity contribution in [1.29, 1.82) is 0 Å². The van der Waals surface area contributed by atoms with Gasteiger partial charge in [-0.25, -0.2) is 15.0 Å². The quantitative estimate of drug-likeness (QED) is 0.897. The predicted molar refractivity (Wildman–Crippen MR) is 88.9 cm³/mol. The van der Waals surface area contributed by atoms with Gasteiger partial charge in [0.2, 0.25) is 0 Å². The van der Waals surface area contributed by atoms with Crippen LogP contribution in [0.15, 0.2) is 24.7 Å². The minimum atomic E-state index is -0.806. The Morgan fingerprint density at radius 2 is 2.25 bits per heavy atom. The molecule has 126 valence electrons.